The standard InChI is InChI=1S/C21H28N4/c1-16-10-11-19(13-17(16)2)24-21(22)23-14-20-9-6-12-25(20)15-18-7-4-3-5-8-18/h3-5,7-8,10-11,13,20H,6,9,12,14-15H2,1-2H3,(H3,22,23,24). The van der Waals surface area contributed by atoms with E-state index < -0.39 is 0 Å². The van der Waals surface area contributed by atoms with E-state index in [4.69, 9.17) is 5.73 Å². The zero-order valence-corrected chi connectivity index (χ0v) is 15.2. The quantitative estimate of drug-likeness (QED) is 0.647. The highest BCUT2D eigenvalue weighted by Crippen LogP contribution is 2.20. The third kappa shape index (κ3) is 4.83. The van der Waals surface area contributed by atoms with Crippen LogP contribution in [0, 0.1) is 13.8 Å². The molecule has 0 amide bonds. The summed E-state index contributed by atoms with van der Waals surface area (Å²) in [6.07, 6.45) is 2.42. The summed E-state index contributed by atoms with van der Waals surface area (Å²) in [6, 6.07) is 17.4. The summed E-state index contributed by atoms with van der Waals surface area (Å²) in [5, 5.41) is 3.21. The molecule has 0 saturated carbocycles. The number of nitrogens with two attached hydrogens (primary N) is 1. The third-order valence-corrected chi connectivity index (χ3v) is 4.98. The molecular weight excluding hydrogens is 308 g/mol. The molecule has 2 aromatic carbocycles. The lowest BCUT2D eigenvalue weighted by atomic mass is 10.1. The van der Waals surface area contributed by atoms with Crippen molar-refractivity contribution in [3.63, 3.8) is 0 Å². The largest absolute Gasteiger partial charge is 0.370 e. The summed E-state index contributed by atoms with van der Waals surface area (Å²) in [5.74, 6) is 0.495. The number of hydrogen-bond acceptors (Lipinski definition) is 2. The fraction of sp³-hybridized carbons (Fsp3) is 0.381. The zero-order chi connectivity index (χ0) is 17.6. The van der Waals surface area contributed by atoms with Crippen LogP contribution < -0.4 is 11.1 Å². The second-order valence-corrected chi connectivity index (χ2v) is 6.90. The molecule has 2 aromatic rings. The molecule has 0 aliphatic carbocycles. The second-order valence-electron chi connectivity index (χ2n) is 6.90. The number of aryl methyl sites for hydroxylation is 2. The van der Waals surface area contributed by atoms with Crippen LogP contribution in [0.1, 0.15) is 29.5 Å². The molecule has 3 N–H and O–H groups in total. The molecule has 1 unspecified atom stereocenters. The van der Waals surface area contributed by atoms with Crippen molar-refractivity contribution in [1.29, 1.82) is 0 Å². The summed E-state index contributed by atoms with van der Waals surface area (Å²) in [6.45, 7) is 7.09. The molecule has 1 fully saturated rings. The van der Waals surface area contributed by atoms with Crippen LogP contribution in [0.5, 0.6) is 0 Å². The fourth-order valence-corrected chi connectivity index (χ4v) is 3.34. The number of hydrogen-bond donors (Lipinski definition) is 2. The molecule has 3 rings (SSSR count). The number of likely N-dealkylation sites (tertiary alicyclic amines) is 1. The molecule has 1 aliphatic rings. The van der Waals surface area contributed by atoms with E-state index in [1.807, 2.05) is 6.07 Å². The van der Waals surface area contributed by atoms with Gasteiger partial charge in [-0.05, 0) is 62.1 Å². The van der Waals surface area contributed by atoms with E-state index in [0.29, 0.717) is 12.0 Å². The Kier molecular flexibility index (Phi) is 5.71. The highest BCUT2D eigenvalue weighted by atomic mass is 15.2. The van der Waals surface area contributed by atoms with Crippen LogP contribution in [0.2, 0.25) is 0 Å². The van der Waals surface area contributed by atoms with E-state index in [1.54, 1.807) is 0 Å². The van der Waals surface area contributed by atoms with Crippen molar-refractivity contribution in [1.82, 2.24) is 4.90 Å². The Morgan fingerprint density at radius 1 is 1.16 bits per heavy atom. The molecular formula is C21H28N4. The average Bonchev–Trinajstić information content (AvgIpc) is 3.04. The molecule has 1 heterocycles. The monoisotopic (exact) mass is 336 g/mol. The van der Waals surface area contributed by atoms with Crippen molar-refractivity contribution in [2.75, 3.05) is 18.4 Å². The van der Waals surface area contributed by atoms with E-state index >= 15 is 0 Å². The van der Waals surface area contributed by atoms with Crippen LogP contribution in [0.15, 0.2) is 53.5 Å². The Morgan fingerprint density at radius 3 is 2.72 bits per heavy atom. The van der Waals surface area contributed by atoms with Gasteiger partial charge >= 0.3 is 0 Å². The third-order valence-electron chi connectivity index (χ3n) is 4.98. The van der Waals surface area contributed by atoms with Crippen LogP contribution in [-0.2, 0) is 6.54 Å². The number of nitrogens with one attached hydrogen (secondary N) is 1. The zero-order valence-electron chi connectivity index (χ0n) is 15.2. The maximum atomic E-state index is 6.09. The molecule has 0 aromatic heterocycles. The van der Waals surface area contributed by atoms with Crippen LogP contribution in [0.25, 0.3) is 0 Å². The summed E-state index contributed by atoms with van der Waals surface area (Å²) in [4.78, 5) is 7.10. The summed E-state index contributed by atoms with van der Waals surface area (Å²) in [5.41, 5.74) is 11.0. The minimum absolute atomic E-state index is 0.473. The number of anilines is 1. The number of nitrogens with zero attached hydrogens (tertiary/aromatic N) is 2. The summed E-state index contributed by atoms with van der Waals surface area (Å²) >= 11 is 0. The number of benzene rings is 2. The lowest BCUT2D eigenvalue weighted by molar-refractivity contribution is 0.250. The van der Waals surface area contributed by atoms with Crippen molar-refractivity contribution in [3.8, 4) is 0 Å². The first-order chi connectivity index (χ1) is 12.1. The van der Waals surface area contributed by atoms with E-state index in [-0.39, 0.29) is 0 Å². The Hall–Kier alpha value is -2.33. The van der Waals surface area contributed by atoms with Crippen LogP contribution in [0.3, 0.4) is 0 Å². The smallest absolute Gasteiger partial charge is 0.193 e. The normalized spacial score (nSPS) is 18.5. The maximum Gasteiger partial charge on any atom is 0.193 e. The molecule has 4 heteroatoms. The van der Waals surface area contributed by atoms with Gasteiger partial charge < -0.3 is 11.1 Å². The van der Waals surface area contributed by atoms with Gasteiger partial charge in [0.25, 0.3) is 0 Å². The van der Waals surface area contributed by atoms with Crippen LogP contribution in [0.4, 0.5) is 5.69 Å². The molecule has 1 aliphatic heterocycles. The van der Waals surface area contributed by atoms with Crippen LogP contribution >= 0.6 is 0 Å². The lowest BCUT2D eigenvalue weighted by Gasteiger charge is -2.23. The number of guanidine groups is 1. The Labute approximate surface area is 150 Å². The second kappa shape index (κ2) is 8.17. The van der Waals surface area contributed by atoms with E-state index in [1.165, 1.54) is 29.5 Å². The van der Waals surface area contributed by atoms with Gasteiger partial charge in [0.1, 0.15) is 0 Å². The van der Waals surface area contributed by atoms with Gasteiger partial charge in [-0.3, -0.25) is 9.89 Å². The highest BCUT2D eigenvalue weighted by molar-refractivity contribution is 5.92. The van der Waals surface area contributed by atoms with E-state index in [2.05, 4.69) is 71.5 Å². The molecule has 132 valence electrons. The van der Waals surface area contributed by atoms with Gasteiger partial charge in [0, 0.05) is 18.3 Å². The summed E-state index contributed by atoms with van der Waals surface area (Å²) in [7, 11) is 0. The van der Waals surface area contributed by atoms with Gasteiger partial charge in [0.15, 0.2) is 5.96 Å². The highest BCUT2D eigenvalue weighted by Gasteiger charge is 2.24. The lowest BCUT2D eigenvalue weighted by Crippen LogP contribution is -2.33. The molecule has 0 bridgehead atoms. The first-order valence-electron chi connectivity index (χ1n) is 9.04. The fourth-order valence-electron chi connectivity index (χ4n) is 3.34. The van der Waals surface area contributed by atoms with Crippen molar-refractivity contribution in [2.45, 2.75) is 39.3 Å². The molecule has 4 nitrogen and oxygen atoms in total. The van der Waals surface area contributed by atoms with Gasteiger partial charge in [-0.15, -0.1) is 0 Å². The molecule has 25 heavy (non-hydrogen) atoms. The van der Waals surface area contributed by atoms with Crippen molar-refractivity contribution >= 4 is 11.6 Å². The molecule has 1 atom stereocenters. The van der Waals surface area contributed by atoms with Gasteiger partial charge in [-0.1, -0.05) is 36.4 Å². The number of aliphatic imine (C=N–C) groups is 1. The van der Waals surface area contributed by atoms with E-state index in [0.717, 1.165) is 25.3 Å². The predicted octanol–water partition coefficient (Wildman–Crippen LogP) is 3.69. The molecule has 1 saturated heterocycles. The first kappa shape index (κ1) is 17.5. The van der Waals surface area contributed by atoms with Crippen molar-refractivity contribution < 1.29 is 0 Å². The van der Waals surface area contributed by atoms with Gasteiger partial charge in [0.05, 0.1) is 6.54 Å². The molecule has 0 radical (unpaired) electrons. The Balaban J connectivity index is 1.57. The van der Waals surface area contributed by atoms with Gasteiger partial charge in [0.2, 0.25) is 0 Å². The topological polar surface area (TPSA) is 53.6 Å². The minimum atomic E-state index is 0.473. The minimum Gasteiger partial charge on any atom is -0.370 e. The van der Waals surface area contributed by atoms with Crippen molar-refractivity contribution in [2.24, 2.45) is 10.7 Å². The Morgan fingerprint density at radius 2 is 1.96 bits per heavy atom. The SMILES string of the molecule is Cc1ccc(NC(N)=NCC2CCCN2Cc2ccccc2)cc1C. The summed E-state index contributed by atoms with van der Waals surface area (Å²) < 4.78 is 0. The average molecular weight is 336 g/mol. The van der Waals surface area contributed by atoms with E-state index in [9.17, 15) is 0 Å². The van der Waals surface area contributed by atoms with Crippen molar-refractivity contribution in [3.05, 3.63) is 65.2 Å². The maximum absolute atomic E-state index is 6.09. The predicted molar refractivity (Wildman–Crippen MR) is 106 cm³/mol. The molecule has 0 spiro atoms. The van der Waals surface area contributed by atoms with Gasteiger partial charge in [-0.25, -0.2) is 0 Å². The number of rotatable bonds is 5. The Bertz CT molecular complexity index is 724. The van der Waals surface area contributed by atoms with Crippen LogP contribution in [-0.4, -0.2) is 30.0 Å². The first-order valence-corrected chi connectivity index (χ1v) is 9.04. The van der Waals surface area contributed by atoms with Gasteiger partial charge in [-0.2, -0.15) is 0 Å².